The minimum atomic E-state index is 0.683. The fraction of sp³-hybridized carbons (Fsp3) is 0. The van der Waals surface area contributed by atoms with E-state index in [0.717, 1.165) is 84.1 Å². The van der Waals surface area contributed by atoms with Gasteiger partial charge in [0.15, 0.2) is 17.5 Å². The fourth-order valence-electron chi connectivity index (χ4n) is 20.9. The zero-order valence-corrected chi connectivity index (χ0v) is 78.5. The molecule has 7 nitrogen and oxygen atoms in total. The quantitative estimate of drug-likeness (QED) is 0.113. The van der Waals surface area contributed by atoms with Crippen LogP contribution in [0.15, 0.2) is 540 Å². The van der Waals surface area contributed by atoms with Crippen LogP contribution in [0.4, 0.5) is 0 Å². The number of benzene rings is 24. The predicted molar refractivity (Wildman–Crippen MR) is 606 cm³/mol. The van der Waals surface area contributed by atoms with Crippen LogP contribution in [0.1, 0.15) is 0 Å². The molecule has 144 heavy (non-hydrogen) atoms. The first-order valence-electron chi connectivity index (χ1n) is 48.8. The summed E-state index contributed by atoms with van der Waals surface area (Å²) in [6.45, 7) is 0. The Balaban J connectivity index is 0.000000102. The van der Waals surface area contributed by atoms with Crippen LogP contribution >= 0.6 is 0 Å². The Morgan fingerprint density at radius 2 is 0.319 bits per heavy atom. The Hall–Kier alpha value is -19.2. The average molecular weight is 1830 g/mol. The van der Waals surface area contributed by atoms with Crippen molar-refractivity contribution in [2.45, 2.75) is 0 Å². The van der Waals surface area contributed by atoms with Gasteiger partial charge in [0, 0.05) is 50.7 Å². The van der Waals surface area contributed by atoms with Crippen molar-refractivity contribution in [2.75, 3.05) is 0 Å². The zero-order valence-electron chi connectivity index (χ0n) is 78.5. The number of aromatic nitrogens is 7. The van der Waals surface area contributed by atoms with E-state index in [9.17, 15) is 0 Å². The van der Waals surface area contributed by atoms with Crippen LogP contribution < -0.4 is 0 Å². The van der Waals surface area contributed by atoms with E-state index in [-0.39, 0.29) is 0 Å². The third-order valence-corrected chi connectivity index (χ3v) is 27.8. The number of nitrogens with zero attached hydrogens (tertiary/aromatic N) is 7. The van der Waals surface area contributed by atoms with Crippen LogP contribution in [-0.2, 0) is 0 Å². The van der Waals surface area contributed by atoms with E-state index < -0.39 is 0 Å². The Bertz CT molecular complexity index is 8950. The van der Waals surface area contributed by atoms with Crippen LogP contribution in [0.5, 0.6) is 0 Å². The maximum absolute atomic E-state index is 5.07. The summed E-state index contributed by atoms with van der Waals surface area (Å²) in [5, 5.41) is 30.7. The van der Waals surface area contributed by atoms with Crippen molar-refractivity contribution in [2.24, 2.45) is 0 Å². The maximum Gasteiger partial charge on any atom is 0.163 e. The van der Waals surface area contributed by atoms with Crippen molar-refractivity contribution >= 4 is 129 Å². The highest BCUT2D eigenvalue weighted by Crippen LogP contribution is 2.45. The van der Waals surface area contributed by atoms with Crippen LogP contribution in [0.2, 0.25) is 0 Å². The molecule has 4 heterocycles. The smallest absolute Gasteiger partial charge is 0.163 e. The Kier molecular flexibility index (Phi) is 23.0. The molecule has 0 bridgehead atoms. The minimum Gasteiger partial charge on any atom is -0.256 e. The molecule has 0 aliphatic rings. The van der Waals surface area contributed by atoms with Crippen molar-refractivity contribution < 1.29 is 0 Å². The minimum absolute atomic E-state index is 0.683. The average Bonchev–Trinajstić information content (AvgIpc) is 0.749. The molecular weight excluding hydrogens is 1740 g/mol. The van der Waals surface area contributed by atoms with Gasteiger partial charge in [0.1, 0.15) is 6.33 Å². The van der Waals surface area contributed by atoms with Gasteiger partial charge in [-0.25, -0.2) is 29.9 Å². The molecule has 0 saturated heterocycles. The third-order valence-electron chi connectivity index (χ3n) is 27.8. The second-order valence-corrected chi connectivity index (χ2v) is 36.4. The highest BCUT2D eigenvalue weighted by atomic mass is 15.0. The van der Waals surface area contributed by atoms with Gasteiger partial charge in [-0.05, 0) is 247 Å². The maximum atomic E-state index is 5.07. The molecule has 0 fully saturated rings. The van der Waals surface area contributed by atoms with E-state index >= 15 is 0 Å². The van der Waals surface area contributed by atoms with Gasteiger partial charge in [0.2, 0.25) is 0 Å². The van der Waals surface area contributed by atoms with Gasteiger partial charge < -0.3 is 0 Å². The van der Waals surface area contributed by atoms with Crippen LogP contribution in [-0.4, -0.2) is 34.9 Å². The molecule has 7 heteroatoms. The summed E-state index contributed by atoms with van der Waals surface area (Å²) < 4.78 is 0. The normalized spacial score (nSPS) is 11.3. The van der Waals surface area contributed by atoms with Crippen molar-refractivity contribution in [3.05, 3.63) is 540 Å². The van der Waals surface area contributed by atoms with Gasteiger partial charge in [0.25, 0.3) is 0 Å². The zero-order chi connectivity index (χ0) is 95.6. The predicted octanol–water partition coefficient (Wildman–Crippen LogP) is 36.4. The number of pyridine rings is 2. The standard InChI is InChI=1S/C41H27N.C40H26N2.C29H19N.C27H17N3/c1-3-12-28(13-4-1)40-26-33(27-41(42-40)29-14-5-2-6-15-29)31-17-11-16-30(24-31)32-22-23-38-36-20-8-7-18-34(36)35-19-9-10-21-37(35)39(38)25-32;1-3-12-27(13-4-1)38-26-39(28-14-5-2-6-15-28)42-40(41-38)31-17-11-16-29(24-31)30-22-23-36-34-20-8-7-18-32(34)33-19-9-10-21-35(33)37(36)25-30;1-2-12-25-23(10-1)24-11-3-4-13-26(24)28-19-21(15-16-27(25)28)20-8-7-9-22(18-20)29-14-5-6-17-30-29;1-2-8-18(9-3-1)26-28-17-29-27(30-26)19-14-15-24-22-12-5-4-10-20(22)21-11-6-7-13-23(21)25(24)16-19/h1-27H;1-26H;1-19H;1-17H. The van der Waals surface area contributed by atoms with E-state index in [1.54, 1.807) is 6.33 Å². The summed E-state index contributed by atoms with van der Waals surface area (Å²) in [6, 6.07) is 187. The molecule has 0 atom stereocenters. The van der Waals surface area contributed by atoms with E-state index in [2.05, 4.69) is 452 Å². The van der Waals surface area contributed by atoms with E-state index in [0.29, 0.717) is 17.5 Å². The summed E-state index contributed by atoms with van der Waals surface area (Å²) >= 11 is 0. The second-order valence-electron chi connectivity index (χ2n) is 36.4. The highest BCUT2D eigenvalue weighted by Gasteiger charge is 2.20. The molecule has 24 aromatic carbocycles. The molecule has 0 saturated carbocycles. The monoisotopic (exact) mass is 1830 g/mol. The van der Waals surface area contributed by atoms with Gasteiger partial charge in [-0.3, -0.25) is 4.98 Å². The number of fused-ring (bicyclic) bond motifs is 24. The van der Waals surface area contributed by atoms with Crippen molar-refractivity contribution in [1.82, 2.24) is 34.9 Å². The van der Waals surface area contributed by atoms with E-state index in [1.165, 1.54) is 163 Å². The summed E-state index contributed by atoms with van der Waals surface area (Å²) in [5.41, 5.74) is 22.7. The first-order chi connectivity index (χ1) is 71.4. The second kappa shape index (κ2) is 38.3. The van der Waals surface area contributed by atoms with Gasteiger partial charge in [-0.2, -0.15) is 0 Å². The molecular formula is C137H89N7. The lowest BCUT2D eigenvalue weighted by molar-refractivity contribution is 1.07. The summed E-state index contributed by atoms with van der Waals surface area (Å²) in [4.78, 5) is 33.2. The lowest BCUT2D eigenvalue weighted by atomic mass is 9.91. The molecule has 4 aromatic heterocycles. The summed E-state index contributed by atoms with van der Waals surface area (Å²) in [7, 11) is 0. The van der Waals surface area contributed by atoms with Crippen molar-refractivity contribution in [3.8, 4) is 135 Å². The molecule has 28 aromatic rings. The summed E-state index contributed by atoms with van der Waals surface area (Å²) in [5.74, 6) is 2.08. The highest BCUT2D eigenvalue weighted by molar-refractivity contribution is 6.29. The molecule has 0 aliphatic carbocycles. The fourth-order valence-corrected chi connectivity index (χ4v) is 20.9. The van der Waals surface area contributed by atoms with Gasteiger partial charge in [-0.15, -0.1) is 0 Å². The van der Waals surface area contributed by atoms with Gasteiger partial charge in [0.05, 0.1) is 28.5 Å². The van der Waals surface area contributed by atoms with Gasteiger partial charge >= 0.3 is 0 Å². The van der Waals surface area contributed by atoms with Crippen LogP contribution in [0, 0.1) is 0 Å². The lowest BCUT2D eigenvalue weighted by Crippen LogP contribution is -1.96. The van der Waals surface area contributed by atoms with Crippen molar-refractivity contribution in [1.29, 1.82) is 0 Å². The van der Waals surface area contributed by atoms with E-state index in [4.69, 9.17) is 19.9 Å². The SMILES string of the molecule is c1ccc(-c2cc(-c3cccc(-c4ccc5c6ccccc6c6ccccc6c5c4)c3)cc(-c3ccccc3)n2)cc1.c1ccc(-c2cc(-c3ccccc3)nc(-c3cccc(-c4ccc5c6ccccc6c6ccccc6c5c4)c3)n2)cc1.c1ccc(-c2cccc(-c3ccc4c5ccccc5c5ccccc5c4c3)c2)nc1.c1ccc(-c2ncnc(-c3ccc4c5ccccc5c5ccccc5c4c3)n2)cc1. The lowest BCUT2D eigenvalue weighted by Gasteiger charge is -2.13. The molecule has 0 unspecified atom stereocenters. The largest absolute Gasteiger partial charge is 0.256 e. The van der Waals surface area contributed by atoms with Crippen LogP contribution in [0.25, 0.3) is 264 Å². The molecule has 28 rings (SSSR count). The number of hydrogen-bond acceptors (Lipinski definition) is 7. The Morgan fingerprint density at radius 3 is 0.646 bits per heavy atom. The third kappa shape index (κ3) is 16.8. The number of rotatable bonds is 12. The molecule has 0 N–H and O–H groups in total. The molecule has 672 valence electrons. The summed E-state index contributed by atoms with van der Waals surface area (Å²) in [6.07, 6.45) is 3.43. The van der Waals surface area contributed by atoms with Gasteiger partial charge in [-0.1, -0.05) is 455 Å². The van der Waals surface area contributed by atoms with Crippen LogP contribution in [0.3, 0.4) is 0 Å². The first kappa shape index (κ1) is 86.4. The van der Waals surface area contributed by atoms with E-state index in [1.807, 2.05) is 97.2 Å². The Labute approximate surface area is 833 Å². The molecule has 0 amide bonds. The first-order valence-corrected chi connectivity index (χ1v) is 48.8. The number of hydrogen-bond donors (Lipinski definition) is 0. The topological polar surface area (TPSA) is 90.2 Å². The molecule has 0 aliphatic heterocycles. The van der Waals surface area contributed by atoms with Crippen molar-refractivity contribution in [3.63, 3.8) is 0 Å². The molecule has 0 spiro atoms. The molecule has 0 radical (unpaired) electrons. The Morgan fingerprint density at radius 1 is 0.0972 bits per heavy atom.